The largest absolute Gasteiger partial charge is 0.462 e. The molecular weight excluding hydrogens is 817 g/mol. The average Bonchev–Trinajstić information content (AvgIpc) is 3.57. The van der Waals surface area contributed by atoms with Crippen LogP contribution in [0.25, 0.3) is 0 Å². The minimum absolute atomic E-state index is 0.00208. The van der Waals surface area contributed by atoms with E-state index in [1.54, 1.807) is 33.3 Å². The summed E-state index contributed by atoms with van der Waals surface area (Å²) < 4.78 is 63.7. The third-order valence-corrected chi connectivity index (χ3v) is 13.9. The van der Waals surface area contributed by atoms with Gasteiger partial charge < -0.3 is 63.0 Å². The lowest BCUT2D eigenvalue weighted by molar-refractivity contribution is -0.311. The van der Waals surface area contributed by atoms with Crippen molar-refractivity contribution in [2.24, 2.45) is 22.9 Å². The Labute approximate surface area is 370 Å². The van der Waals surface area contributed by atoms with E-state index in [0.717, 1.165) is 5.57 Å². The Morgan fingerprint density at radius 3 is 2.32 bits per heavy atom. The lowest BCUT2D eigenvalue weighted by Gasteiger charge is -2.46. The number of carbonyl (C=O) groups is 2. The molecule has 6 aliphatic heterocycles. The molecular formula is C47H68N2O14. The first-order valence-electron chi connectivity index (χ1n) is 22.5. The first-order chi connectivity index (χ1) is 30.0. The zero-order valence-corrected chi connectivity index (χ0v) is 38.3. The first kappa shape index (κ1) is 47.7. The molecule has 1 amide bonds. The van der Waals surface area contributed by atoms with Gasteiger partial charge in [-0.2, -0.15) is 0 Å². The highest BCUT2D eigenvalue weighted by atomic mass is 16.7. The molecule has 350 valence electrons. The van der Waals surface area contributed by atoms with Crippen molar-refractivity contribution >= 4 is 17.6 Å². The Hall–Kier alpha value is -3.29. The number of carbonyl (C=O) groups excluding carboxylic acids is 2. The van der Waals surface area contributed by atoms with Crippen LogP contribution in [0.15, 0.2) is 64.4 Å². The highest BCUT2D eigenvalue weighted by molar-refractivity contribution is 6.07. The van der Waals surface area contributed by atoms with Crippen LogP contribution in [0.1, 0.15) is 87.5 Å². The third kappa shape index (κ3) is 9.96. The molecule has 1 spiro atoms. The summed E-state index contributed by atoms with van der Waals surface area (Å²) in [6, 6.07) is -0.317. The van der Waals surface area contributed by atoms with Crippen LogP contribution >= 0.6 is 0 Å². The molecule has 0 aromatic carbocycles. The van der Waals surface area contributed by atoms with Gasteiger partial charge in [-0.3, -0.25) is 9.59 Å². The van der Waals surface area contributed by atoms with Crippen LogP contribution in [0.2, 0.25) is 0 Å². The third-order valence-electron chi connectivity index (χ3n) is 13.9. The van der Waals surface area contributed by atoms with Crippen LogP contribution in [-0.2, 0) is 57.0 Å². The summed E-state index contributed by atoms with van der Waals surface area (Å²) in [6.45, 7) is 15.2. The van der Waals surface area contributed by atoms with E-state index in [9.17, 15) is 19.9 Å². The summed E-state index contributed by atoms with van der Waals surface area (Å²) in [6.07, 6.45) is 9.25. The molecule has 7 rings (SSSR count). The monoisotopic (exact) mass is 884 g/mol. The summed E-state index contributed by atoms with van der Waals surface area (Å²) in [5, 5.41) is 29.0. The molecule has 16 heteroatoms. The Morgan fingerprint density at radius 2 is 1.62 bits per heavy atom. The summed E-state index contributed by atoms with van der Waals surface area (Å²) in [5.41, 5.74) is 0.176. The van der Waals surface area contributed by atoms with Gasteiger partial charge in [-0.25, -0.2) is 0 Å². The van der Waals surface area contributed by atoms with Gasteiger partial charge in [0.2, 0.25) is 5.91 Å². The number of rotatable bonds is 7. The predicted octanol–water partition coefficient (Wildman–Crippen LogP) is 4.96. The topological polar surface area (TPSA) is 191 Å². The SMILES string of the molecule is COC1CC(OC2C(C)OC(OC3/C(C)=C/CC4CC(CC5(C=CC(C)C(C)O5)O4)OC(=O)C4C=C(C)/C(=N/O)C5OC/C(=C\C=C\C3C)C45O)CC2OC)OC(C)C1NC(C)=O. The lowest BCUT2D eigenvalue weighted by atomic mass is 9.71. The summed E-state index contributed by atoms with van der Waals surface area (Å²) in [5.74, 6) is -3.08. The molecule has 6 heterocycles. The van der Waals surface area contributed by atoms with E-state index in [4.69, 9.17) is 47.4 Å². The Morgan fingerprint density at radius 1 is 0.905 bits per heavy atom. The fourth-order valence-corrected chi connectivity index (χ4v) is 10.3. The molecule has 0 radical (unpaired) electrons. The molecule has 3 N–H and O–H groups in total. The van der Waals surface area contributed by atoms with Crippen molar-refractivity contribution in [1.29, 1.82) is 0 Å². The first-order valence-corrected chi connectivity index (χ1v) is 22.5. The van der Waals surface area contributed by atoms with Crippen LogP contribution in [0, 0.1) is 17.8 Å². The van der Waals surface area contributed by atoms with Crippen molar-refractivity contribution in [3.8, 4) is 0 Å². The van der Waals surface area contributed by atoms with Gasteiger partial charge in [0.15, 0.2) is 18.4 Å². The second-order valence-corrected chi connectivity index (χ2v) is 18.5. The Balaban J connectivity index is 1.16. The maximum absolute atomic E-state index is 14.3. The summed E-state index contributed by atoms with van der Waals surface area (Å²) in [4.78, 5) is 26.2. The zero-order chi connectivity index (χ0) is 45.4. The van der Waals surface area contributed by atoms with Gasteiger partial charge in [0.05, 0.1) is 55.4 Å². The van der Waals surface area contributed by atoms with Gasteiger partial charge in [0.25, 0.3) is 0 Å². The molecule has 63 heavy (non-hydrogen) atoms. The number of hydrogen-bond donors (Lipinski definition) is 3. The molecule has 7 aliphatic rings. The number of hydrogen-bond acceptors (Lipinski definition) is 15. The number of amides is 1. The number of fused-ring (bicyclic) bond motifs is 2. The zero-order valence-electron chi connectivity index (χ0n) is 38.3. The van der Waals surface area contributed by atoms with Crippen LogP contribution in [0.4, 0.5) is 0 Å². The number of esters is 1. The minimum atomic E-state index is -1.87. The predicted molar refractivity (Wildman–Crippen MR) is 228 cm³/mol. The molecule has 0 aromatic rings. The van der Waals surface area contributed by atoms with Crippen LogP contribution < -0.4 is 5.32 Å². The van der Waals surface area contributed by atoms with E-state index in [0.29, 0.717) is 36.8 Å². The van der Waals surface area contributed by atoms with E-state index >= 15 is 0 Å². The molecule has 0 saturated carbocycles. The smallest absolute Gasteiger partial charge is 0.316 e. The van der Waals surface area contributed by atoms with Gasteiger partial charge in [0.1, 0.15) is 35.5 Å². The fourth-order valence-electron chi connectivity index (χ4n) is 10.3. The number of oxime groups is 1. The second-order valence-electron chi connectivity index (χ2n) is 18.5. The number of aliphatic hydroxyl groups is 1. The standard InChI is InChI=1S/C47H68N2O14/c1-24-16-17-46(62-28(24)5)22-34-19-33(63-46)15-14-26(3)42(25(2)12-11-13-32-23-56-44-40(49-53)27(4)18-35(45(51)59-34)47(32,44)52)60-39-21-37(55-10)43(30(7)58-39)61-38-20-36(54-9)41(29(6)57-38)48-31(8)50/h11-14,16-18,24-25,28-30,33-39,41-44,52-53H,15,19-23H2,1-10H3,(H,48,50)/b12-11+,26-14+,32-13+,49-40-. The molecule has 0 aromatic heterocycles. The molecule has 4 saturated heterocycles. The van der Waals surface area contributed by atoms with Crippen molar-refractivity contribution in [3.63, 3.8) is 0 Å². The van der Waals surface area contributed by atoms with Crippen LogP contribution in [0.3, 0.4) is 0 Å². The molecule has 2 bridgehead atoms. The highest BCUT2D eigenvalue weighted by Crippen LogP contribution is 2.46. The summed E-state index contributed by atoms with van der Waals surface area (Å²) >= 11 is 0. The van der Waals surface area contributed by atoms with Gasteiger partial charge in [-0.15, -0.1) is 0 Å². The van der Waals surface area contributed by atoms with E-state index in [2.05, 4.69) is 29.5 Å². The van der Waals surface area contributed by atoms with Crippen molar-refractivity contribution in [2.75, 3.05) is 20.8 Å². The number of ether oxygens (including phenoxy) is 10. The number of nitrogens with one attached hydrogen (secondary N) is 1. The van der Waals surface area contributed by atoms with Crippen molar-refractivity contribution in [3.05, 3.63) is 59.3 Å². The average molecular weight is 885 g/mol. The number of methoxy groups -OCH3 is 2. The summed E-state index contributed by atoms with van der Waals surface area (Å²) in [7, 11) is 3.26. The van der Waals surface area contributed by atoms with Crippen molar-refractivity contribution < 1.29 is 67.3 Å². The van der Waals surface area contributed by atoms with Gasteiger partial charge >= 0.3 is 5.97 Å². The maximum Gasteiger partial charge on any atom is 0.316 e. The molecule has 4 fully saturated rings. The fraction of sp³-hybridized carbons (Fsp3) is 0.723. The van der Waals surface area contributed by atoms with Crippen LogP contribution in [-0.4, -0.2) is 140 Å². The van der Waals surface area contributed by atoms with Gasteiger partial charge in [-0.1, -0.05) is 55.5 Å². The number of allylic oxidation sites excluding steroid dienone is 2. The van der Waals surface area contributed by atoms with Gasteiger partial charge in [0, 0.05) is 58.7 Å². The quantitative estimate of drug-likeness (QED) is 0.135. The highest BCUT2D eigenvalue weighted by Gasteiger charge is 2.60. The Bertz CT molecular complexity index is 1860. The van der Waals surface area contributed by atoms with E-state index in [-0.39, 0.29) is 60.8 Å². The van der Waals surface area contributed by atoms with Crippen molar-refractivity contribution in [2.45, 2.75) is 179 Å². The van der Waals surface area contributed by atoms with E-state index in [1.807, 2.05) is 52.8 Å². The normalized spacial score (nSPS) is 47.4. The van der Waals surface area contributed by atoms with Gasteiger partial charge in [-0.05, 0) is 63.8 Å². The molecule has 18 unspecified atom stereocenters. The Kier molecular flexibility index (Phi) is 14.9. The molecule has 18 atom stereocenters. The maximum atomic E-state index is 14.3. The number of nitrogens with zero attached hydrogens (tertiary/aromatic N) is 1. The molecule has 16 nitrogen and oxygen atoms in total. The van der Waals surface area contributed by atoms with Crippen molar-refractivity contribution in [1.82, 2.24) is 5.32 Å². The van der Waals surface area contributed by atoms with Crippen LogP contribution in [0.5, 0.6) is 0 Å². The van der Waals surface area contributed by atoms with E-state index < -0.39 is 78.6 Å². The second kappa shape index (κ2) is 19.7. The van der Waals surface area contributed by atoms with E-state index in [1.165, 1.54) is 6.92 Å². The minimum Gasteiger partial charge on any atom is -0.462 e. The lowest BCUT2D eigenvalue weighted by Crippen LogP contribution is -2.58. The molecule has 1 aliphatic carbocycles.